The lowest BCUT2D eigenvalue weighted by molar-refractivity contribution is -0.118. The van der Waals surface area contributed by atoms with E-state index in [0.29, 0.717) is 13.0 Å². The largest absolute Gasteiger partial charge is 0.283 e. The Morgan fingerprint density at radius 2 is 1.77 bits per heavy atom. The number of aryl methyl sites for hydroxylation is 4. The third kappa shape index (κ3) is 4.12. The second-order valence-electron chi connectivity index (χ2n) is 7.81. The number of pyridine rings is 1. The van der Waals surface area contributed by atoms with E-state index in [-0.39, 0.29) is 5.91 Å². The Labute approximate surface area is 181 Å². The topological polar surface area (TPSA) is 46.1 Å². The second kappa shape index (κ2) is 8.36. The van der Waals surface area contributed by atoms with Crippen LogP contribution in [0.15, 0.2) is 54.9 Å². The average Bonchev–Trinajstić information content (AvgIpc) is 3.15. The van der Waals surface area contributed by atoms with Crippen molar-refractivity contribution in [2.75, 3.05) is 4.90 Å². The molecule has 0 unspecified atom stereocenters. The highest BCUT2D eigenvalue weighted by atomic mass is 32.1. The van der Waals surface area contributed by atoms with Crippen molar-refractivity contribution in [3.8, 4) is 0 Å². The number of thiazole rings is 1. The zero-order valence-corrected chi connectivity index (χ0v) is 18.6. The highest BCUT2D eigenvalue weighted by Crippen LogP contribution is 2.32. The molecule has 0 aliphatic rings. The predicted octanol–water partition coefficient (Wildman–Crippen LogP) is 5.70. The summed E-state index contributed by atoms with van der Waals surface area (Å²) in [7, 11) is 0. The normalized spacial score (nSPS) is 11.1. The van der Waals surface area contributed by atoms with Gasteiger partial charge in [0.15, 0.2) is 5.13 Å². The molecule has 1 amide bonds. The fourth-order valence-corrected chi connectivity index (χ4v) is 4.92. The molecule has 4 aromatic rings. The molecule has 2 aromatic carbocycles. The fourth-order valence-electron chi connectivity index (χ4n) is 3.86. The Bertz CT molecular complexity index is 1190. The number of anilines is 1. The molecule has 4 rings (SSSR count). The molecule has 152 valence electrons. The summed E-state index contributed by atoms with van der Waals surface area (Å²) in [5, 5.41) is 0.732. The standard InChI is InChI=1S/C25H25N3OS/c1-16-11-18(3)21(19(4)12-16)13-23(29)28(15-20-8-6-10-26-14-20)25-27-24-17(2)7-5-9-22(24)30-25/h5-12,14H,13,15H2,1-4H3. The van der Waals surface area contributed by atoms with Gasteiger partial charge in [-0.15, -0.1) is 0 Å². The maximum Gasteiger partial charge on any atom is 0.233 e. The number of fused-ring (bicyclic) bond motifs is 1. The minimum absolute atomic E-state index is 0.0469. The number of benzene rings is 2. The van der Waals surface area contributed by atoms with E-state index in [1.54, 1.807) is 28.6 Å². The summed E-state index contributed by atoms with van der Waals surface area (Å²) in [4.78, 5) is 24.4. The van der Waals surface area contributed by atoms with Crippen LogP contribution in [0.2, 0.25) is 0 Å². The van der Waals surface area contributed by atoms with Crippen molar-refractivity contribution in [3.05, 3.63) is 88.2 Å². The van der Waals surface area contributed by atoms with E-state index in [9.17, 15) is 4.79 Å². The number of carbonyl (C=O) groups excluding carboxylic acids is 1. The summed E-state index contributed by atoms with van der Waals surface area (Å²) in [6.07, 6.45) is 3.91. The summed E-state index contributed by atoms with van der Waals surface area (Å²) >= 11 is 1.56. The van der Waals surface area contributed by atoms with Crippen LogP contribution in [0.25, 0.3) is 10.2 Å². The van der Waals surface area contributed by atoms with Crippen LogP contribution in [0, 0.1) is 27.7 Å². The molecule has 0 aliphatic carbocycles. The lowest BCUT2D eigenvalue weighted by Crippen LogP contribution is -2.32. The van der Waals surface area contributed by atoms with Crippen molar-refractivity contribution < 1.29 is 4.79 Å². The van der Waals surface area contributed by atoms with E-state index < -0.39 is 0 Å². The molecule has 2 aromatic heterocycles. The van der Waals surface area contributed by atoms with E-state index in [2.05, 4.69) is 56.9 Å². The molecule has 0 fully saturated rings. The number of amides is 1. The van der Waals surface area contributed by atoms with Crippen LogP contribution in [0.3, 0.4) is 0 Å². The third-order valence-corrected chi connectivity index (χ3v) is 6.42. The first kappa shape index (κ1) is 20.2. The molecule has 4 nitrogen and oxygen atoms in total. The second-order valence-corrected chi connectivity index (χ2v) is 8.82. The van der Waals surface area contributed by atoms with Crippen LogP contribution in [0.4, 0.5) is 5.13 Å². The third-order valence-electron chi connectivity index (χ3n) is 5.37. The van der Waals surface area contributed by atoms with Crippen molar-refractivity contribution in [2.24, 2.45) is 0 Å². The van der Waals surface area contributed by atoms with Gasteiger partial charge in [-0.1, -0.05) is 47.2 Å². The summed E-state index contributed by atoms with van der Waals surface area (Å²) in [6, 6.07) is 14.3. The minimum Gasteiger partial charge on any atom is -0.283 e. The van der Waals surface area contributed by atoms with Crippen molar-refractivity contribution in [2.45, 2.75) is 40.7 Å². The van der Waals surface area contributed by atoms with Gasteiger partial charge in [-0.2, -0.15) is 0 Å². The van der Waals surface area contributed by atoms with Crippen molar-refractivity contribution in [1.29, 1.82) is 0 Å². The predicted molar refractivity (Wildman–Crippen MR) is 124 cm³/mol. The molecule has 0 saturated heterocycles. The number of aromatic nitrogens is 2. The number of carbonyl (C=O) groups is 1. The molecular weight excluding hydrogens is 390 g/mol. The van der Waals surface area contributed by atoms with Crippen LogP contribution in [0.1, 0.15) is 33.4 Å². The van der Waals surface area contributed by atoms with E-state index in [1.165, 1.54) is 5.56 Å². The fraction of sp³-hybridized carbons (Fsp3) is 0.240. The summed E-state index contributed by atoms with van der Waals surface area (Å²) in [5.74, 6) is 0.0469. The Hall–Kier alpha value is -3.05. The van der Waals surface area contributed by atoms with Gasteiger partial charge in [-0.25, -0.2) is 4.98 Å². The zero-order valence-electron chi connectivity index (χ0n) is 17.8. The lowest BCUT2D eigenvalue weighted by atomic mass is 9.97. The molecule has 0 radical (unpaired) electrons. The number of hydrogen-bond donors (Lipinski definition) is 0. The molecule has 0 spiro atoms. The van der Waals surface area contributed by atoms with E-state index in [0.717, 1.165) is 43.2 Å². The Morgan fingerprint density at radius 1 is 1.00 bits per heavy atom. The van der Waals surface area contributed by atoms with Crippen LogP contribution in [-0.4, -0.2) is 15.9 Å². The lowest BCUT2D eigenvalue weighted by Gasteiger charge is -2.21. The van der Waals surface area contributed by atoms with E-state index in [4.69, 9.17) is 4.98 Å². The van der Waals surface area contributed by atoms with Crippen molar-refractivity contribution >= 4 is 32.6 Å². The van der Waals surface area contributed by atoms with E-state index >= 15 is 0 Å². The number of rotatable bonds is 5. The minimum atomic E-state index is 0.0469. The van der Waals surface area contributed by atoms with Crippen LogP contribution >= 0.6 is 11.3 Å². The average molecular weight is 416 g/mol. The maximum absolute atomic E-state index is 13.5. The molecule has 0 saturated carbocycles. The van der Waals surface area contributed by atoms with Crippen LogP contribution in [-0.2, 0) is 17.8 Å². The molecule has 0 N–H and O–H groups in total. The first-order chi connectivity index (χ1) is 14.4. The van der Waals surface area contributed by atoms with Crippen molar-refractivity contribution in [1.82, 2.24) is 9.97 Å². The molecule has 2 heterocycles. The summed E-state index contributed by atoms with van der Waals surface area (Å²) in [5.41, 5.74) is 7.69. The summed E-state index contributed by atoms with van der Waals surface area (Å²) < 4.78 is 1.09. The van der Waals surface area contributed by atoms with E-state index in [1.807, 2.05) is 18.2 Å². The van der Waals surface area contributed by atoms with Gasteiger partial charge in [0.1, 0.15) is 0 Å². The molecule has 30 heavy (non-hydrogen) atoms. The van der Waals surface area contributed by atoms with Gasteiger partial charge in [0, 0.05) is 12.4 Å². The first-order valence-corrected chi connectivity index (χ1v) is 10.9. The van der Waals surface area contributed by atoms with Gasteiger partial charge in [0.05, 0.1) is 23.2 Å². The molecular formula is C25H25N3OS. The molecule has 0 aliphatic heterocycles. The van der Waals surface area contributed by atoms with Gasteiger partial charge < -0.3 is 0 Å². The van der Waals surface area contributed by atoms with Gasteiger partial charge in [0.2, 0.25) is 5.91 Å². The van der Waals surface area contributed by atoms with Gasteiger partial charge in [-0.3, -0.25) is 14.7 Å². The van der Waals surface area contributed by atoms with Gasteiger partial charge >= 0.3 is 0 Å². The van der Waals surface area contributed by atoms with Gasteiger partial charge in [-0.05, 0) is 67.6 Å². The monoisotopic (exact) mass is 415 g/mol. The molecule has 0 atom stereocenters. The van der Waals surface area contributed by atoms with Crippen LogP contribution < -0.4 is 4.90 Å². The Morgan fingerprint density at radius 3 is 2.43 bits per heavy atom. The number of hydrogen-bond acceptors (Lipinski definition) is 4. The Balaban J connectivity index is 1.73. The summed E-state index contributed by atoms with van der Waals surface area (Å²) in [6.45, 7) is 8.75. The van der Waals surface area contributed by atoms with Gasteiger partial charge in [0.25, 0.3) is 0 Å². The Kier molecular flexibility index (Phi) is 5.64. The number of nitrogens with zero attached hydrogens (tertiary/aromatic N) is 3. The van der Waals surface area contributed by atoms with Crippen LogP contribution in [0.5, 0.6) is 0 Å². The number of para-hydroxylation sites is 1. The first-order valence-electron chi connectivity index (χ1n) is 10.0. The SMILES string of the molecule is Cc1cc(C)c(CC(=O)N(Cc2cccnc2)c2nc3c(C)cccc3s2)c(C)c1. The highest BCUT2D eigenvalue weighted by molar-refractivity contribution is 7.22. The maximum atomic E-state index is 13.5. The highest BCUT2D eigenvalue weighted by Gasteiger charge is 2.22. The quantitative estimate of drug-likeness (QED) is 0.420. The molecule has 5 heteroatoms. The zero-order chi connectivity index (χ0) is 21.3. The smallest absolute Gasteiger partial charge is 0.233 e. The molecule has 0 bridgehead atoms. The van der Waals surface area contributed by atoms with Crippen molar-refractivity contribution in [3.63, 3.8) is 0 Å².